The number of benzene rings is 9. The molecule has 3 heterocycles. The molecular formula is C57H41N3O2. The van der Waals surface area contributed by atoms with Gasteiger partial charge < -0.3 is 24.2 Å². The molecule has 0 saturated heterocycles. The predicted molar refractivity (Wildman–Crippen MR) is 254 cm³/mol. The van der Waals surface area contributed by atoms with E-state index >= 15 is 0 Å². The lowest BCUT2D eigenvalue weighted by molar-refractivity contribution is 0.477. The first-order chi connectivity index (χ1) is 30.5. The van der Waals surface area contributed by atoms with Crippen LogP contribution in [0.5, 0.6) is 23.0 Å². The number of nitrogens with zero attached hydrogens (tertiary/aromatic N) is 3. The van der Waals surface area contributed by atoms with Gasteiger partial charge in [0.1, 0.15) is 0 Å². The van der Waals surface area contributed by atoms with Crippen molar-refractivity contribution in [2.75, 3.05) is 14.7 Å². The van der Waals surface area contributed by atoms with Gasteiger partial charge in [0, 0.05) is 22.5 Å². The molecule has 296 valence electrons. The van der Waals surface area contributed by atoms with Crippen LogP contribution in [0.4, 0.5) is 51.2 Å². The van der Waals surface area contributed by atoms with Crippen molar-refractivity contribution in [2.24, 2.45) is 0 Å². The fourth-order valence-electron chi connectivity index (χ4n) is 9.54. The van der Waals surface area contributed by atoms with Gasteiger partial charge in [0.05, 0.1) is 34.1 Å². The van der Waals surface area contributed by atoms with E-state index in [0.717, 1.165) is 85.1 Å². The SMILES string of the molecule is CC1(C)c2cc(-c3ccc4c(c3)Oc3ccccc3N4c3ccccc3)ccc2N(c2ccccc2)c2ccc(-c3ccc4c(c3)Oc3ccccc3N4c3ccccc3)cc21. The molecule has 0 aromatic heterocycles. The zero-order valence-corrected chi connectivity index (χ0v) is 34.4. The van der Waals surface area contributed by atoms with Gasteiger partial charge in [-0.05, 0) is 143 Å². The van der Waals surface area contributed by atoms with Gasteiger partial charge in [-0.1, -0.05) is 117 Å². The van der Waals surface area contributed by atoms with Crippen LogP contribution in [0.1, 0.15) is 25.0 Å². The number of rotatable bonds is 5. The summed E-state index contributed by atoms with van der Waals surface area (Å²) in [6.45, 7) is 4.71. The highest BCUT2D eigenvalue weighted by Gasteiger charge is 2.38. The van der Waals surface area contributed by atoms with Gasteiger partial charge in [-0.2, -0.15) is 0 Å². The Labute approximate surface area is 361 Å². The van der Waals surface area contributed by atoms with E-state index in [9.17, 15) is 0 Å². The van der Waals surface area contributed by atoms with E-state index in [4.69, 9.17) is 9.47 Å². The summed E-state index contributed by atoms with van der Waals surface area (Å²) in [7, 11) is 0. The highest BCUT2D eigenvalue weighted by atomic mass is 16.5. The molecule has 0 fully saturated rings. The number of hydrogen-bond donors (Lipinski definition) is 0. The maximum absolute atomic E-state index is 6.64. The number of para-hydroxylation sites is 7. The molecule has 0 amide bonds. The molecule has 0 N–H and O–H groups in total. The quantitative estimate of drug-likeness (QED) is 0.173. The third kappa shape index (κ3) is 5.70. The van der Waals surface area contributed by atoms with Crippen LogP contribution in [-0.2, 0) is 5.41 Å². The van der Waals surface area contributed by atoms with E-state index in [1.165, 1.54) is 22.5 Å². The number of anilines is 9. The fraction of sp³-hybridized carbons (Fsp3) is 0.0526. The van der Waals surface area contributed by atoms with Crippen LogP contribution >= 0.6 is 0 Å². The molecule has 12 rings (SSSR count). The van der Waals surface area contributed by atoms with Crippen LogP contribution in [0.2, 0.25) is 0 Å². The summed E-state index contributed by atoms with van der Waals surface area (Å²) in [5.41, 5.74) is 16.3. The molecule has 5 heteroatoms. The van der Waals surface area contributed by atoms with E-state index in [1.54, 1.807) is 0 Å². The van der Waals surface area contributed by atoms with Gasteiger partial charge in [0.15, 0.2) is 23.0 Å². The van der Waals surface area contributed by atoms with Gasteiger partial charge in [-0.3, -0.25) is 0 Å². The van der Waals surface area contributed by atoms with Crippen LogP contribution in [0.15, 0.2) is 212 Å². The molecule has 0 atom stereocenters. The molecule has 5 nitrogen and oxygen atoms in total. The number of hydrogen-bond acceptors (Lipinski definition) is 5. The highest BCUT2D eigenvalue weighted by Crippen LogP contribution is 2.56. The second kappa shape index (κ2) is 14.0. The maximum atomic E-state index is 6.64. The van der Waals surface area contributed by atoms with Gasteiger partial charge in [0.25, 0.3) is 0 Å². The van der Waals surface area contributed by atoms with Crippen LogP contribution in [0.3, 0.4) is 0 Å². The monoisotopic (exact) mass is 799 g/mol. The molecule has 9 aromatic rings. The molecule has 0 unspecified atom stereocenters. The highest BCUT2D eigenvalue weighted by molar-refractivity contribution is 5.92. The van der Waals surface area contributed by atoms with E-state index in [2.05, 4.69) is 217 Å². The van der Waals surface area contributed by atoms with Crippen molar-refractivity contribution in [3.8, 4) is 45.3 Å². The van der Waals surface area contributed by atoms with E-state index in [1.807, 2.05) is 24.3 Å². The van der Waals surface area contributed by atoms with Crippen LogP contribution in [-0.4, -0.2) is 0 Å². The van der Waals surface area contributed by atoms with Crippen molar-refractivity contribution in [3.63, 3.8) is 0 Å². The second-order valence-corrected chi connectivity index (χ2v) is 16.6. The topological polar surface area (TPSA) is 28.2 Å². The molecule has 0 spiro atoms. The Balaban J connectivity index is 0.958. The Morgan fingerprint density at radius 1 is 0.290 bits per heavy atom. The number of fused-ring (bicyclic) bond motifs is 6. The molecular weight excluding hydrogens is 759 g/mol. The second-order valence-electron chi connectivity index (χ2n) is 16.6. The van der Waals surface area contributed by atoms with Gasteiger partial charge >= 0.3 is 0 Å². The van der Waals surface area contributed by atoms with Crippen molar-refractivity contribution in [1.29, 1.82) is 0 Å². The van der Waals surface area contributed by atoms with E-state index < -0.39 is 0 Å². The van der Waals surface area contributed by atoms with Crippen LogP contribution in [0.25, 0.3) is 22.3 Å². The Morgan fingerprint density at radius 3 is 1.00 bits per heavy atom. The Kier molecular flexibility index (Phi) is 8.12. The van der Waals surface area contributed by atoms with Gasteiger partial charge in [-0.25, -0.2) is 0 Å². The van der Waals surface area contributed by atoms with E-state index in [-0.39, 0.29) is 5.41 Å². The third-order valence-electron chi connectivity index (χ3n) is 12.6. The first kappa shape index (κ1) is 35.9. The lowest BCUT2D eigenvalue weighted by Gasteiger charge is -2.42. The molecule has 0 bridgehead atoms. The third-order valence-corrected chi connectivity index (χ3v) is 12.6. The largest absolute Gasteiger partial charge is 0.453 e. The summed E-state index contributed by atoms with van der Waals surface area (Å²) in [6, 6.07) is 75.3. The summed E-state index contributed by atoms with van der Waals surface area (Å²) in [6.07, 6.45) is 0. The van der Waals surface area contributed by atoms with Gasteiger partial charge in [0.2, 0.25) is 0 Å². The summed E-state index contributed by atoms with van der Waals surface area (Å²) in [5.74, 6) is 3.32. The molecule has 0 saturated carbocycles. The summed E-state index contributed by atoms with van der Waals surface area (Å²) < 4.78 is 13.3. The average molecular weight is 800 g/mol. The predicted octanol–water partition coefficient (Wildman–Crippen LogP) is 16.3. The Morgan fingerprint density at radius 2 is 0.597 bits per heavy atom. The van der Waals surface area contributed by atoms with Crippen LogP contribution in [0, 0.1) is 0 Å². The first-order valence-corrected chi connectivity index (χ1v) is 21.2. The zero-order valence-electron chi connectivity index (χ0n) is 34.4. The minimum absolute atomic E-state index is 0.344. The average Bonchev–Trinajstić information content (AvgIpc) is 3.33. The molecule has 3 aliphatic heterocycles. The lowest BCUT2D eigenvalue weighted by atomic mass is 9.72. The molecule has 0 radical (unpaired) electrons. The Bertz CT molecular complexity index is 2990. The molecule has 62 heavy (non-hydrogen) atoms. The van der Waals surface area contributed by atoms with Crippen LogP contribution < -0.4 is 24.2 Å². The zero-order chi connectivity index (χ0) is 41.4. The van der Waals surface area contributed by atoms with Crippen molar-refractivity contribution in [1.82, 2.24) is 0 Å². The number of ether oxygens (including phenoxy) is 2. The van der Waals surface area contributed by atoms with Crippen molar-refractivity contribution in [2.45, 2.75) is 19.3 Å². The first-order valence-electron chi connectivity index (χ1n) is 21.2. The smallest absolute Gasteiger partial charge is 0.152 e. The molecule has 0 aliphatic carbocycles. The van der Waals surface area contributed by atoms with Gasteiger partial charge in [-0.15, -0.1) is 0 Å². The maximum Gasteiger partial charge on any atom is 0.152 e. The van der Waals surface area contributed by atoms with E-state index in [0.29, 0.717) is 0 Å². The Hall–Kier alpha value is -8.02. The van der Waals surface area contributed by atoms with Crippen molar-refractivity contribution in [3.05, 3.63) is 223 Å². The molecule has 3 aliphatic rings. The minimum Gasteiger partial charge on any atom is -0.453 e. The lowest BCUT2D eigenvalue weighted by Crippen LogP contribution is -2.30. The van der Waals surface area contributed by atoms with Crippen molar-refractivity contribution >= 4 is 51.2 Å². The fourth-order valence-corrected chi connectivity index (χ4v) is 9.54. The summed E-state index contributed by atoms with van der Waals surface area (Å²) in [5, 5.41) is 0. The minimum atomic E-state index is -0.344. The summed E-state index contributed by atoms with van der Waals surface area (Å²) in [4.78, 5) is 6.98. The summed E-state index contributed by atoms with van der Waals surface area (Å²) >= 11 is 0. The van der Waals surface area contributed by atoms with Crippen molar-refractivity contribution < 1.29 is 9.47 Å². The normalized spacial score (nSPS) is 13.9. The standard InChI is InChI=1S/C57H41N3O2/c1-57(2)45-34-38(40-28-32-51-55(36-40)61-53-24-14-12-22-49(53)59(51)43-18-8-4-9-19-43)26-30-47(45)58(42-16-6-3-7-17-42)48-31-27-39(35-46(48)57)41-29-33-52-56(37-41)62-54-25-15-13-23-50(54)60(52)44-20-10-5-11-21-44/h3-37H,1-2H3. The molecule has 9 aromatic carbocycles.